The molecule has 3 heteroatoms. The second kappa shape index (κ2) is 5.15. The highest BCUT2D eigenvalue weighted by molar-refractivity contribution is 4.92. The van der Waals surface area contributed by atoms with E-state index in [0.29, 0.717) is 12.0 Å². The fraction of sp³-hybridized carbons (Fsp3) is 0.727. The third-order valence-corrected chi connectivity index (χ3v) is 2.03. The van der Waals surface area contributed by atoms with Crippen molar-refractivity contribution >= 4 is 0 Å². The van der Waals surface area contributed by atoms with Gasteiger partial charge in [-0.2, -0.15) is 0 Å². The third kappa shape index (κ3) is 3.50. The molecule has 0 fully saturated rings. The van der Waals surface area contributed by atoms with Crippen molar-refractivity contribution in [1.29, 1.82) is 0 Å². The molecule has 0 aliphatic heterocycles. The Kier molecular flexibility index (Phi) is 4.14. The van der Waals surface area contributed by atoms with Crippen molar-refractivity contribution < 1.29 is 0 Å². The van der Waals surface area contributed by atoms with Gasteiger partial charge in [-0.3, -0.25) is 0 Å². The summed E-state index contributed by atoms with van der Waals surface area (Å²) in [5.41, 5.74) is 0. The lowest BCUT2D eigenvalue weighted by molar-refractivity contribution is 0.485. The van der Waals surface area contributed by atoms with E-state index in [1.54, 1.807) is 0 Å². The molecule has 1 aromatic heterocycles. The van der Waals surface area contributed by atoms with E-state index < -0.39 is 0 Å². The molecular weight excluding hydrogens is 174 g/mol. The van der Waals surface area contributed by atoms with Crippen LogP contribution < -0.4 is 5.32 Å². The van der Waals surface area contributed by atoms with Crippen LogP contribution >= 0.6 is 0 Å². The largest absolute Gasteiger partial charge is 0.334 e. The third-order valence-electron chi connectivity index (χ3n) is 2.03. The molecule has 0 aliphatic rings. The maximum absolute atomic E-state index is 4.34. The van der Waals surface area contributed by atoms with Gasteiger partial charge >= 0.3 is 0 Å². The van der Waals surface area contributed by atoms with Crippen LogP contribution in [0.2, 0.25) is 0 Å². The summed E-state index contributed by atoms with van der Waals surface area (Å²) in [4.78, 5) is 4.34. The number of rotatable bonds is 5. The summed E-state index contributed by atoms with van der Waals surface area (Å²) >= 11 is 0. The highest BCUT2D eigenvalue weighted by Crippen LogP contribution is 2.03. The SMILES string of the molecule is CC(C)Cn1ccnc1CNC(C)C. The van der Waals surface area contributed by atoms with Crippen molar-refractivity contribution in [1.82, 2.24) is 14.9 Å². The summed E-state index contributed by atoms with van der Waals surface area (Å²) in [5, 5.41) is 3.38. The molecule has 1 rings (SSSR count). The van der Waals surface area contributed by atoms with Gasteiger partial charge in [0, 0.05) is 25.0 Å². The number of imidazole rings is 1. The highest BCUT2D eigenvalue weighted by atomic mass is 15.1. The molecular formula is C11H21N3. The lowest BCUT2D eigenvalue weighted by Gasteiger charge is -2.12. The van der Waals surface area contributed by atoms with E-state index in [1.165, 1.54) is 0 Å². The van der Waals surface area contributed by atoms with E-state index in [9.17, 15) is 0 Å². The number of nitrogens with one attached hydrogen (secondary N) is 1. The molecule has 3 nitrogen and oxygen atoms in total. The normalized spacial score (nSPS) is 11.6. The van der Waals surface area contributed by atoms with E-state index in [1.807, 2.05) is 6.20 Å². The Hall–Kier alpha value is -0.830. The van der Waals surface area contributed by atoms with Gasteiger partial charge in [0.05, 0.1) is 6.54 Å². The smallest absolute Gasteiger partial charge is 0.122 e. The molecule has 14 heavy (non-hydrogen) atoms. The summed E-state index contributed by atoms with van der Waals surface area (Å²) in [6.07, 6.45) is 3.93. The van der Waals surface area contributed by atoms with E-state index in [-0.39, 0.29) is 0 Å². The van der Waals surface area contributed by atoms with Gasteiger partial charge in [-0.1, -0.05) is 27.7 Å². The first-order valence-corrected chi connectivity index (χ1v) is 5.33. The minimum Gasteiger partial charge on any atom is -0.334 e. The second-order valence-electron chi connectivity index (χ2n) is 4.43. The van der Waals surface area contributed by atoms with E-state index in [4.69, 9.17) is 0 Å². The van der Waals surface area contributed by atoms with E-state index >= 15 is 0 Å². The topological polar surface area (TPSA) is 29.9 Å². The number of nitrogens with zero attached hydrogens (tertiary/aromatic N) is 2. The highest BCUT2D eigenvalue weighted by Gasteiger charge is 2.04. The lowest BCUT2D eigenvalue weighted by atomic mass is 10.2. The van der Waals surface area contributed by atoms with Crippen molar-refractivity contribution in [3.63, 3.8) is 0 Å². The molecule has 0 bridgehead atoms. The Morgan fingerprint density at radius 2 is 2.07 bits per heavy atom. The number of aromatic nitrogens is 2. The summed E-state index contributed by atoms with van der Waals surface area (Å²) in [6.45, 7) is 10.7. The standard InChI is InChI=1S/C11H21N3/c1-9(2)8-14-6-5-12-11(14)7-13-10(3)4/h5-6,9-10,13H,7-8H2,1-4H3. The van der Waals surface area contributed by atoms with Crippen LogP contribution in [-0.2, 0) is 13.1 Å². The lowest BCUT2D eigenvalue weighted by Crippen LogP contribution is -2.24. The van der Waals surface area contributed by atoms with Crippen molar-refractivity contribution in [2.75, 3.05) is 0 Å². The molecule has 0 amide bonds. The monoisotopic (exact) mass is 195 g/mol. The first kappa shape index (κ1) is 11.2. The van der Waals surface area contributed by atoms with Gasteiger partial charge < -0.3 is 9.88 Å². The maximum atomic E-state index is 4.34. The molecule has 0 aliphatic carbocycles. The Labute approximate surface area is 86.5 Å². The first-order chi connectivity index (χ1) is 6.59. The molecule has 1 aromatic rings. The molecule has 0 atom stereocenters. The van der Waals surface area contributed by atoms with Crippen LogP contribution in [0.1, 0.15) is 33.5 Å². The second-order valence-corrected chi connectivity index (χ2v) is 4.43. The maximum Gasteiger partial charge on any atom is 0.122 e. The van der Waals surface area contributed by atoms with Crippen molar-refractivity contribution in [2.24, 2.45) is 5.92 Å². The fourth-order valence-corrected chi connectivity index (χ4v) is 1.36. The van der Waals surface area contributed by atoms with Gasteiger partial charge in [0.15, 0.2) is 0 Å². The van der Waals surface area contributed by atoms with Crippen molar-refractivity contribution in [3.8, 4) is 0 Å². The summed E-state index contributed by atoms with van der Waals surface area (Å²) < 4.78 is 2.22. The zero-order valence-electron chi connectivity index (χ0n) is 9.62. The Morgan fingerprint density at radius 1 is 1.36 bits per heavy atom. The zero-order chi connectivity index (χ0) is 10.6. The quantitative estimate of drug-likeness (QED) is 0.779. The van der Waals surface area contributed by atoms with Crippen LogP contribution in [0.5, 0.6) is 0 Å². The first-order valence-electron chi connectivity index (χ1n) is 5.33. The van der Waals surface area contributed by atoms with Gasteiger partial charge in [-0.25, -0.2) is 4.98 Å². The average molecular weight is 195 g/mol. The number of hydrogen-bond acceptors (Lipinski definition) is 2. The Bertz CT molecular complexity index is 263. The predicted molar refractivity (Wildman–Crippen MR) is 59.0 cm³/mol. The fourth-order valence-electron chi connectivity index (χ4n) is 1.36. The molecule has 0 aromatic carbocycles. The summed E-state index contributed by atoms with van der Waals surface area (Å²) in [6, 6.07) is 0.513. The van der Waals surface area contributed by atoms with Gasteiger partial charge in [0.25, 0.3) is 0 Å². The zero-order valence-corrected chi connectivity index (χ0v) is 9.62. The molecule has 1 heterocycles. The van der Waals surface area contributed by atoms with Crippen molar-refractivity contribution in [3.05, 3.63) is 18.2 Å². The van der Waals surface area contributed by atoms with Gasteiger partial charge in [0.2, 0.25) is 0 Å². The minimum absolute atomic E-state index is 0.513. The molecule has 0 unspecified atom stereocenters. The molecule has 1 N–H and O–H groups in total. The van der Waals surface area contributed by atoms with E-state index in [0.717, 1.165) is 18.9 Å². The Morgan fingerprint density at radius 3 is 2.64 bits per heavy atom. The van der Waals surface area contributed by atoms with Crippen LogP contribution in [0.3, 0.4) is 0 Å². The summed E-state index contributed by atoms with van der Waals surface area (Å²) in [5.74, 6) is 1.80. The molecule has 0 radical (unpaired) electrons. The van der Waals surface area contributed by atoms with Gasteiger partial charge in [-0.05, 0) is 5.92 Å². The number of hydrogen-bond donors (Lipinski definition) is 1. The van der Waals surface area contributed by atoms with Crippen LogP contribution in [0, 0.1) is 5.92 Å². The molecule has 0 saturated heterocycles. The van der Waals surface area contributed by atoms with E-state index in [2.05, 4.69) is 48.8 Å². The van der Waals surface area contributed by atoms with Crippen LogP contribution in [0.4, 0.5) is 0 Å². The molecule has 0 spiro atoms. The summed E-state index contributed by atoms with van der Waals surface area (Å²) in [7, 11) is 0. The van der Waals surface area contributed by atoms with Gasteiger partial charge in [0.1, 0.15) is 5.82 Å². The van der Waals surface area contributed by atoms with Crippen LogP contribution in [0.25, 0.3) is 0 Å². The molecule has 0 saturated carbocycles. The van der Waals surface area contributed by atoms with Crippen molar-refractivity contribution in [2.45, 2.75) is 46.8 Å². The Balaban J connectivity index is 2.53. The predicted octanol–water partition coefficient (Wildman–Crippen LogP) is 2.04. The van der Waals surface area contributed by atoms with Crippen LogP contribution in [-0.4, -0.2) is 15.6 Å². The molecule has 80 valence electrons. The average Bonchev–Trinajstić information content (AvgIpc) is 2.47. The van der Waals surface area contributed by atoms with Gasteiger partial charge in [-0.15, -0.1) is 0 Å². The van der Waals surface area contributed by atoms with Crippen LogP contribution in [0.15, 0.2) is 12.4 Å². The minimum atomic E-state index is 0.513.